The number of nitrogens with zero attached hydrogens (tertiary/aromatic N) is 1. The van der Waals surface area contributed by atoms with Gasteiger partial charge in [0.15, 0.2) is 0 Å². The van der Waals surface area contributed by atoms with Crippen molar-refractivity contribution < 1.29 is 14.3 Å². The van der Waals surface area contributed by atoms with Crippen molar-refractivity contribution >= 4 is 36.6 Å². The number of nitrogens with one attached hydrogen (secondary N) is 2. The van der Waals surface area contributed by atoms with Crippen LogP contribution in [0.4, 0.5) is 0 Å². The molecule has 2 unspecified atom stereocenters. The fourth-order valence-electron chi connectivity index (χ4n) is 2.93. The Labute approximate surface area is 173 Å². The first-order valence-corrected chi connectivity index (χ1v) is 8.76. The van der Waals surface area contributed by atoms with E-state index >= 15 is 0 Å². The van der Waals surface area contributed by atoms with Gasteiger partial charge in [-0.1, -0.05) is 37.3 Å². The van der Waals surface area contributed by atoms with Crippen LogP contribution >= 0.6 is 24.8 Å². The van der Waals surface area contributed by atoms with Gasteiger partial charge < -0.3 is 21.1 Å². The molecule has 0 bridgehead atoms. The van der Waals surface area contributed by atoms with Gasteiger partial charge in [0.1, 0.15) is 0 Å². The number of morpholine rings is 1. The van der Waals surface area contributed by atoms with Gasteiger partial charge in [-0.15, -0.1) is 24.8 Å². The Morgan fingerprint density at radius 3 is 2.59 bits per heavy atom. The Kier molecular flexibility index (Phi) is 13.0. The zero-order valence-corrected chi connectivity index (χ0v) is 17.2. The quantitative estimate of drug-likeness (QED) is 0.574. The molecular weight excluding hydrogens is 391 g/mol. The number of nitrogens with two attached hydrogens (primary N) is 1. The van der Waals surface area contributed by atoms with Gasteiger partial charge in [0.25, 0.3) is 0 Å². The topological polar surface area (TPSA) is 96.7 Å². The van der Waals surface area contributed by atoms with Crippen LogP contribution in [0.15, 0.2) is 30.3 Å². The molecule has 2 rings (SSSR count). The Morgan fingerprint density at radius 2 is 1.96 bits per heavy atom. The normalized spacial score (nSPS) is 17.8. The van der Waals surface area contributed by atoms with E-state index in [1.807, 2.05) is 25.1 Å². The standard InChI is InChI=1S/C18H28N4O3.2ClH/c1-2-15(21-18(24)11-20-17(23)10-19)16-13-22(8-9-25-16)12-14-6-4-3-5-7-14;;/h3-7,15-16H,2,8-13,19H2,1H3,(H,20,23)(H,21,24);2*1H. The van der Waals surface area contributed by atoms with E-state index in [1.54, 1.807) is 0 Å². The van der Waals surface area contributed by atoms with Gasteiger partial charge in [0, 0.05) is 19.6 Å². The molecule has 2 atom stereocenters. The fraction of sp³-hybridized carbons (Fsp3) is 0.556. The van der Waals surface area contributed by atoms with Crippen molar-refractivity contribution in [3.63, 3.8) is 0 Å². The number of carbonyl (C=O) groups is 2. The molecule has 9 heteroatoms. The van der Waals surface area contributed by atoms with Gasteiger partial charge in [0.2, 0.25) is 11.8 Å². The lowest BCUT2D eigenvalue weighted by molar-refractivity contribution is -0.127. The highest BCUT2D eigenvalue weighted by atomic mass is 35.5. The van der Waals surface area contributed by atoms with Crippen LogP contribution in [-0.2, 0) is 20.9 Å². The largest absolute Gasteiger partial charge is 0.373 e. The van der Waals surface area contributed by atoms with Crippen molar-refractivity contribution in [3.05, 3.63) is 35.9 Å². The lowest BCUT2D eigenvalue weighted by atomic mass is 10.1. The Hall–Kier alpha value is -1.38. The van der Waals surface area contributed by atoms with Gasteiger partial charge in [-0.25, -0.2) is 0 Å². The van der Waals surface area contributed by atoms with Crippen LogP contribution in [0.1, 0.15) is 18.9 Å². The summed E-state index contributed by atoms with van der Waals surface area (Å²) in [6, 6.07) is 10.2. The van der Waals surface area contributed by atoms with E-state index in [0.717, 1.165) is 26.1 Å². The van der Waals surface area contributed by atoms with Crippen molar-refractivity contribution in [2.45, 2.75) is 32.0 Å². The molecule has 1 fully saturated rings. The molecule has 0 saturated carbocycles. The third-order valence-electron chi connectivity index (χ3n) is 4.29. The predicted molar refractivity (Wildman–Crippen MR) is 110 cm³/mol. The lowest BCUT2D eigenvalue weighted by Gasteiger charge is -2.37. The number of hydrogen-bond donors (Lipinski definition) is 3. The average Bonchev–Trinajstić information content (AvgIpc) is 2.65. The van der Waals surface area contributed by atoms with Crippen LogP contribution in [0.25, 0.3) is 0 Å². The molecule has 0 aliphatic carbocycles. The first kappa shape index (κ1) is 25.6. The fourth-order valence-corrected chi connectivity index (χ4v) is 2.93. The SMILES string of the molecule is CCC(NC(=O)CNC(=O)CN)C1CN(Cc2ccccc2)CCO1.Cl.Cl. The van der Waals surface area contributed by atoms with Crippen molar-refractivity contribution in [2.24, 2.45) is 5.73 Å². The maximum absolute atomic E-state index is 12.0. The molecule has 1 aliphatic rings. The molecule has 0 radical (unpaired) electrons. The minimum atomic E-state index is -0.342. The molecular formula is C18H30Cl2N4O3. The first-order valence-electron chi connectivity index (χ1n) is 8.76. The summed E-state index contributed by atoms with van der Waals surface area (Å²) >= 11 is 0. The van der Waals surface area contributed by atoms with Gasteiger partial charge in [-0.2, -0.15) is 0 Å². The number of halogens is 2. The molecule has 0 aromatic heterocycles. The molecule has 1 aromatic carbocycles. The van der Waals surface area contributed by atoms with Crippen molar-refractivity contribution in [1.82, 2.24) is 15.5 Å². The minimum absolute atomic E-state index is 0. The van der Waals surface area contributed by atoms with Crippen LogP contribution in [0.2, 0.25) is 0 Å². The number of hydrogen-bond acceptors (Lipinski definition) is 5. The van der Waals surface area contributed by atoms with Crippen LogP contribution in [0.5, 0.6) is 0 Å². The van der Waals surface area contributed by atoms with Crippen molar-refractivity contribution in [3.8, 4) is 0 Å². The summed E-state index contributed by atoms with van der Waals surface area (Å²) in [7, 11) is 0. The first-order chi connectivity index (χ1) is 12.1. The van der Waals surface area contributed by atoms with Gasteiger partial charge in [-0.3, -0.25) is 14.5 Å². The van der Waals surface area contributed by atoms with E-state index in [1.165, 1.54) is 5.56 Å². The van der Waals surface area contributed by atoms with Gasteiger partial charge in [-0.05, 0) is 12.0 Å². The van der Waals surface area contributed by atoms with E-state index in [2.05, 4.69) is 27.7 Å². The van der Waals surface area contributed by atoms with Gasteiger partial charge >= 0.3 is 0 Å². The van der Waals surface area contributed by atoms with E-state index in [4.69, 9.17) is 10.5 Å². The highest BCUT2D eigenvalue weighted by Crippen LogP contribution is 2.14. The molecule has 1 aromatic rings. The minimum Gasteiger partial charge on any atom is -0.373 e. The van der Waals surface area contributed by atoms with E-state index in [-0.39, 0.29) is 61.9 Å². The Morgan fingerprint density at radius 1 is 1.26 bits per heavy atom. The summed E-state index contributed by atoms with van der Waals surface area (Å²) in [4.78, 5) is 25.5. The predicted octanol–water partition coefficient (Wildman–Crippen LogP) is 0.701. The maximum atomic E-state index is 12.0. The number of rotatable bonds is 8. The average molecular weight is 421 g/mol. The smallest absolute Gasteiger partial charge is 0.239 e. The summed E-state index contributed by atoms with van der Waals surface area (Å²) in [6.45, 7) is 5.00. The Bertz CT molecular complexity index is 563. The van der Waals surface area contributed by atoms with Crippen LogP contribution in [0, 0.1) is 0 Å². The summed E-state index contributed by atoms with van der Waals surface area (Å²) < 4.78 is 5.88. The molecule has 7 nitrogen and oxygen atoms in total. The second-order valence-electron chi connectivity index (χ2n) is 6.19. The van der Waals surface area contributed by atoms with Gasteiger partial charge in [0.05, 0.1) is 31.8 Å². The summed E-state index contributed by atoms with van der Waals surface area (Å²) in [5, 5.41) is 5.43. The van der Waals surface area contributed by atoms with Crippen LogP contribution < -0.4 is 16.4 Å². The zero-order chi connectivity index (χ0) is 18.1. The summed E-state index contributed by atoms with van der Waals surface area (Å²) in [5.74, 6) is -0.566. The molecule has 27 heavy (non-hydrogen) atoms. The molecule has 1 saturated heterocycles. The maximum Gasteiger partial charge on any atom is 0.239 e. The summed E-state index contributed by atoms with van der Waals surface area (Å²) in [6.07, 6.45) is 0.706. The molecule has 1 heterocycles. The second kappa shape index (κ2) is 13.7. The van der Waals surface area contributed by atoms with E-state index in [9.17, 15) is 9.59 Å². The van der Waals surface area contributed by atoms with Crippen molar-refractivity contribution in [2.75, 3.05) is 32.8 Å². The highest BCUT2D eigenvalue weighted by Gasteiger charge is 2.28. The monoisotopic (exact) mass is 420 g/mol. The number of carbonyl (C=O) groups excluding carboxylic acids is 2. The van der Waals surface area contributed by atoms with Crippen LogP contribution in [-0.4, -0.2) is 61.6 Å². The van der Waals surface area contributed by atoms with Crippen molar-refractivity contribution in [1.29, 1.82) is 0 Å². The number of amides is 2. The number of ether oxygens (including phenoxy) is 1. The second-order valence-corrected chi connectivity index (χ2v) is 6.19. The molecule has 1 aliphatic heterocycles. The molecule has 0 spiro atoms. The Balaban J connectivity index is 0.00000338. The molecule has 154 valence electrons. The zero-order valence-electron chi connectivity index (χ0n) is 15.6. The van der Waals surface area contributed by atoms with E-state index < -0.39 is 0 Å². The summed E-state index contributed by atoms with van der Waals surface area (Å²) in [5.41, 5.74) is 6.48. The van der Waals surface area contributed by atoms with Crippen LogP contribution in [0.3, 0.4) is 0 Å². The molecule has 2 amide bonds. The highest BCUT2D eigenvalue weighted by molar-refractivity contribution is 5.86. The third kappa shape index (κ3) is 8.90. The lowest BCUT2D eigenvalue weighted by Crippen LogP contribution is -2.54. The number of benzene rings is 1. The third-order valence-corrected chi connectivity index (χ3v) is 4.29. The molecule has 4 N–H and O–H groups in total. The van der Waals surface area contributed by atoms with E-state index in [0.29, 0.717) is 6.61 Å².